The van der Waals surface area contributed by atoms with Gasteiger partial charge < -0.3 is 0 Å². The van der Waals surface area contributed by atoms with Gasteiger partial charge in [-0.25, -0.2) is 5.43 Å². The normalized spacial score (nSPS) is 24.0. The first-order valence-electron chi connectivity index (χ1n) is 9.89. The van der Waals surface area contributed by atoms with Gasteiger partial charge in [-0.15, -0.1) is 0 Å². The summed E-state index contributed by atoms with van der Waals surface area (Å²) in [6, 6.07) is 20.4. The van der Waals surface area contributed by atoms with Crippen LogP contribution in [0.1, 0.15) is 50.7 Å². The number of Topliss-reactive ketones (excluding diaryl/α,β-unsaturated/α-hetero) is 1. The van der Waals surface area contributed by atoms with Gasteiger partial charge in [0.25, 0.3) is 0 Å². The van der Waals surface area contributed by atoms with E-state index in [2.05, 4.69) is 48.6 Å². The standard InChI is InChI=1S/C24H26N2O2/c1-23(2)14-19(13-20(27)15-23)25-26-22(28)21-16-24(21,17-9-5-3-6-10-17)18-11-7-4-8-12-18/h3-12,21H,13-16H2,1-2H3,(H,26,28)/t21-/m1/s1. The molecule has 0 aliphatic heterocycles. The van der Waals surface area contributed by atoms with E-state index in [4.69, 9.17) is 0 Å². The van der Waals surface area contributed by atoms with Crippen LogP contribution in [0.15, 0.2) is 65.8 Å². The van der Waals surface area contributed by atoms with Crippen LogP contribution in [-0.4, -0.2) is 17.4 Å². The molecule has 0 spiro atoms. The number of carbonyl (C=O) groups excluding carboxylic acids is 2. The third-order valence-electron chi connectivity index (χ3n) is 5.94. The lowest BCUT2D eigenvalue weighted by molar-refractivity contribution is -0.123. The Labute approximate surface area is 166 Å². The van der Waals surface area contributed by atoms with Crippen molar-refractivity contribution in [3.63, 3.8) is 0 Å². The largest absolute Gasteiger partial charge is 0.299 e. The van der Waals surface area contributed by atoms with Crippen molar-refractivity contribution >= 4 is 17.4 Å². The third-order valence-corrected chi connectivity index (χ3v) is 5.94. The van der Waals surface area contributed by atoms with E-state index in [0.29, 0.717) is 12.8 Å². The van der Waals surface area contributed by atoms with Gasteiger partial charge in [0, 0.05) is 24.0 Å². The predicted molar refractivity (Wildman–Crippen MR) is 110 cm³/mol. The summed E-state index contributed by atoms with van der Waals surface area (Å²) in [7, 11) is 0. The topological polar surface area (TPSA) is 58.5 Å². The zero-order valence-electron chi connectivity index (χ0n) is 16.4. The molecule has 4 heteroatoms. The maximum absolute atomic E-state index is 12.9. The van der Waals surface area contributed by atoms with Crippen LogP contribution in [0.5, 0.6) is 0 Å². The fourth-order valence-corrected chi connectivity index (χ4v) is 4.65. The number of benzene rings is 2. The summed E-state index contributed by atoms with van der Waals surface area (Å²) < 4.78 is 0. The summed E-state index contributed by atoms with van der Waals surface area (Å²) in [5.74, 6) is -0.0384. The minimum atomic E-state index is -0.297. The molecule has 0 bridgehead atoms. The highest BCUT2D eigenvalue weighted by Crippen LogP contribution is 2.58. The van der Waals surface area contributed by atoms with Crippen LogP contribution in [-0.2, 0) is 15.0 Å². The molecule has 0 heterocycles. The Morgan fingerprint density at radius 2 is 1.54 bits per heavy atom. The number of hydrogen-bond donors (Lipinski definition) is 1. The van der Waals surface area contributed by atoms with E-state index in [1.807, 2.05) is 36.4 Å². The second kappa shape index (κ2) is 7.01. The Hall–Kier alpha value is -2.75. The monoisotopic (exact) mass is 374 g/mol. The molecule has 0 unspecified atom stereocenters. The van der Waals surface area contributed by atoms with Gasteiger partial charge in [0.1, 0.15) is 5.78 Å². The molecule has 1 amide bonds. The number of nitrogens with one attached hydrogen (secondary N) is 1. The fraction of sp³-hybridized carbons (Fsp3) is 0.375. The highest BCUT2D eigenvalue weighted by atomic mass is 16.2. The van der Waals surface area contributed by atoms with Gasteiger partial charge in [0.05, 0.1) is 5.92 Å². The van der Waals surface area contributed by atoms with Crippen molar-refractivity contribution in [3.05, 3.63) is 71.8 Å². The van der Waals surface area contributed by atoms with Crippen LogP contribution in [0.4, 0.5) is 0 Å². The Kier molecular flexibility index (Phi) is 4.66. The molecular weight excluding hydrogens is 348 g/mol. The van der Waals surface area contributed by atoms with Crippen LogP contribution in [0, 0.1) is 11.3 Å². The molecule has 2 aliphatic carbocycles. The van der Waals surface area contributed by atoms with E-state index >= 15 is 0 Å². The minimum absolute atomic E-state index is 0.0731. The molecule has 144 valence electrons. The number of hydrogen-bond acceptors (Lipinski definition) is 3. The average molecular weight is 374 g/mol. The van der Waals surface area contributed by atoms with Gasteiger partial charge in [-0.2, -0.15) is 5.10 Å². The second-order valence-corrected chi connectivity index (χ2v) is 8.85. The molecule has 0 aromatic heterocycles. The van der Waals surface area contributed by atoms with Crippen molar-refractivity contribution in [2.45, 2.75) is 44.9 Å². The van der Waals surface area contributed by atoms with Crippen LogP contribution < -0.4 is 5.43 Å². The molecule has 28 heavy (non-hydrogen) atoms. The number of ketones is 1. The van der Waals surface area contributed by atoms with Crippen molar-refractivity contribution in [2.75, 3.05) is 0 Å². The Morgan fingerprint density at radius 1 is 0.964 bits per heavy atom. The molecule has 2 aromatic carbocycles. The quantitative estimate of drug-likeness (QED) is 0.814. The van der Waals surface area contributed by atoms with Gasteiger partial charge in [0.15, 0.2) is 0 Å². The van der Waals surface area contributed by atoms with E-state index in [0.717, 1.165) is 29.7 Å². The summed E-state index contributed by atoms with van der Waals surface area (Å²) in [4.78, 5) is 24.9. The smallest absolute Gasteiger partial charge is 0.244 e. The Balaban J connectivity index is 1.55. The zero-order valence-corrected chi connectivity index (χ0v) is 16.4. The number of rotatable bonds is 4. The second-order valence-electron chi connectivity index (χ2n) is 8.85. The summed E-state index contributed by atoms with van der Waals surface area (Å²) in [6.45, 7) is 4.14. The van der Waals surface area contributed by atoms with Crippen molar-refractivity contribution < 1.29 is 9.59 Å². The van der Waals surface area contributed by atoms with Crippen LogP contribution >= 0.6 is 0 Å². The lowest BCUT2D eigenvalue weighted by atomic mass is 9.76. The van der Waals surface area contributed by atoms with Crippen LogP contribution in [0.2, 0.25) is 0 Å². The predicted octanol–water partition coefficient (Wildman–Crippen LogP) is 4.24. The Bertz CT molecular complexity index is 877. The fourth-order valence-electron chi connectivity index (χ4n) is 4.65. The highest BCUT2D eigenvalue weighted by molar-refractivity contribution is 6.05. The number of hydrazone groups is 1. The maximum Gasteiger partial charge on any atom is 0.244 e. The lowest BCUT2D eigenvalue weighted by Crippen LogP contribution is -2.32. The molecular formula is C24H26N2O2. The highest BCUT2D eigenvalue weighted by Gasteiger charge is 2.60. The van der Waals surface area contributed by atoms with Gasteiger partial charge in [-0.05, 0) is 29.4 Å². The molecule has 2 aliphatic rings. The molecule has 1 N–H and O–H groups in total. The summed E-state index contributed by atoms with van der Waals surface area (Å²) in [5, 5.41) is 4.34. The number of amides is 1. The lowest BCUT2D eigenvalue weighted by Gasteiger charge is -2.29. The van der Waals surface area contributed by atoms with Gasteiger partial charge in [-0.3, -0.25) is 9.59 Å². The zero-order chi connectivity index (χ0) is 19.8. The van der Waals surface area contributed by atoms with Gasteiger partial charge in [0.2, 0.25) is 5.91 Å². The van der Waals surface area contributed by atoms with Crippen molar-refractivity contribution in [3.8, 4) is 0 Å². The molecule has 4 nitrogen and oxygen atoms in total. The molecule has 1 atom stereocenters. The third kappa shape index (κ3) is 3.51. The molecule has 0 saturated heterocycles. The van der Waals surface area contributed by atoms with E-state index < -0.39 is 0 Å². The summed E-state index contributed by atoms with van der Waals surface area (Å²) in [5.41, 5.74) is 5.47. The maximum atomic E-state index is 12.9. The first-order chi connectivity index (χ1) is 13.4. The van der Waals surface area contributed by atoms with Crippen LogP contribution in [0.25, 0.3) is 0 Å². The molecule has 2 fully saturated rings. The van der Waals surface area contributed by atoms with Gasteiger partial charge >= 0.3 is 0 Å². The molecule has 4 rings (SSSR count). The molecule has 2 aromatic rings. The van der Waals surface area contributed by atoms with Crippen molar-refractivity contribution in [2.24, 2.45) is 16.4 Å². The Morgan fingerprint density at radius 3 is 2.07 bits per heavy atom. The average Bonchev–Trinajstić information content (AvgIpc) is 3.43. The number of carbonyl (C=O) groups is 2. The first-order valence-corrected chi connectivity index (χ1v) is 9.89. The molecule has 2 saturated carbocycles. The van der Waals surface area contributed by atoms with Crippen LogP contribution in [0.3, 0.4) is 0 Å². The SMILES string of the molecule is CC1(C)CC(=O)CC(=NNC(=O)[C@H]2CC2(c2ccccc2)c2ccccc2)C1. The number of nitrogens with zero attached hydrogens (tertiary/aromatic N) is 1. The first kappa shape index (κ1) is 18.6. The van der Waals surface area contributed by atoms with E-state index in [1.54, 1.807) is 0 Å². The van der Waals surface area contributed by atoms with E-state index in [1.165, 1.54) is 0 Å². The minimum Gasteiger partial charge on any atom is -0.299 e. The van der Waals surface area contributed by atoms with Crippen molar-refractivity contribution in [1.29, 1.82) is 0 Å². The summed E-state index contributed by atoms with van der Waals surface area (Å²) >= 11 is 0. The van der Waals surface area contributed by atoms with E-state index in [9.17, 15) is 9.59 Å². The van der Waals surface area contributed by atoms with Crippen molar-refractivity contribution in [1.82, 2.24) is 5.43 Å². The van der Waals surface area contributed by atoms with Gasteiger partial charge in [-0.1, -0.05) is 74.5 Å². The van der Waals surface area contributed by atoms with E-state index in [-0.39, 0.29) is 28.4 Å². The summed E-state index contributed by atoms with van der Waals surface area (Å²) in [6.07, 6.45) is 2.43. The molecule has 0 radical (unpaired) electrons.